The Balaban J connectivity index is 0.00000144. The fourth-order valence-corrected chi connectivity index (χ4v) is 2.10. The molecule has 0 aliphatic heterocycles. The van der Waals surface area contributed by atoms with Crippen LogP contribution in [0.25, 0.3) is 0 Å². The third kappa shape index (κ3) is 2.79. The molecule has 0 fully saturated rings. The van der Waals surface area contributed by atoms with Crippen LogP contribution in [0.3, 0.4) is 0 Å². The van der Waals surface area contributed by atoms with Crippen molar-refractivity contribution in [1.29, 1.82) is 0 Å². The Bertz CT molecular complexity index is 429. The fourth-order valence-electron chi connectivity index (χ4n) is 2.10. The number of esters is 1. The number of rotatable bonds is 2. The molecule has 0 spiro atoms. The highest BCUT2D eigenvalue weighted by molar-refractivity contribution is 5.85. The van der Waals surface area contributed by atoms with Gasteiger partial charge in [0.25, 0.3) is 0 Å². The summed E-state index contributed by atoms with van der Waals surface area (Å²) in [7, 11) is 0. The molecule has 4 heteroatoms. The number of halogens is 1. The summed E-state index contributed by atoms with van der Waals surface area (Å²) in [6.45, 7) is 3.80. The summed E-state index contributed by atoms with van der Waals surface area (Å²) in [6, 6.07) is 5.75. The largest absolute Gasteiger partial charge is 0.427 e. The maximum atomic E-state index is 11.2. The Labute approximate surface area is 108 Å². The first-order valence-corrected chi connectivity index (χ1v) is 5.66. The third-order valence-corrected chi connectivity index (χ3v) is 3.13. The van der Waals surface area contributed by atoms with E-state index >= 15 is 0 Å². The molecule has 17 heavy (non-hydrogen) atoms. The van der Waals surface area contributed by atoms with Crippen LogP contribution in [0.1, 0.15) is 37.8 Å². The number of carbonyl (C=O) groups is 1. The molecule has 1 aromatic carbocycles. The number of benzene rings is 1. The highest BCUT2D eigenvalue weighted by Gasteiger charge is 2.30. The molecular formula is C13H18ClNO2. The first-order valence-electron chi connectivity index (χ1n) is 5.66. The number of hydrogen-bond acceptors (Lipinski definition) is 3. The second-order valence-electron chi connectivity index (χ2n) is 4.56. The van der Waals surface area contributed by atoms with Crippen molar-refractivity contribution in [3.05, 3.63) is 29.3 Å². The molecule has 0 amide bonds. The van der Waals surface area contributed by atoms with Crippen LogP contribution >= 0.6 is 12.4 Å². The van der Waals surface area contributed by atoms with Gasteiger partial charge in [0.15, 0.2) is 0 Å². The highest BCUT2D eigenvalue weighted by atomic mass is 35.5. The smallest absolute Gasteiger partial charge is 0.310 e. The molecule has 0 bridgehead atoms. The van der Waals surface area contributed by atoms with Gasteiger partial charge in [-0.1, -0.05) is 13.0 Å². The first kappa shape index (κ1) is 14.0. The molecule has 94 valence electrons. The van der Waals surface area contributed by atoms with Gasteiger partial charge in [0, 0.05) is 12.0 Å². The molecule has 0 radical (unpaired) electrons. The lowest BCUT2D eigenvalue weighted by Gasteiger charge is -2.19. The zero-order valence-corrected chi connectivity index (χ0v) is 11.0. The van der Waals surface area contributed by atoms with E-state index < -0.39 is 0 Å². The van der Waals surface area contributed by atoms with Crippen LogP contribution in [0.5, 0.6) is 5.75 Å². The van der Waals surface area contributed by atoms with Gasteiger partial charge in [-0.05, 0) is 43.0 Å². The summed E-state index contributed by atoms with van der Waals surface area (Å²) in [5, 5.41) is 0. The molecule has 3 nitrogen and oxygen atoms in total. The Morgan fingerprint density at radius 2 is 2.24 bits per heavy atom. The minimum Gasteiger partial charge on any atom is -0.427 e. The lowest BCUT2D eigenvalue weighted by molar-refractivity contribution is -0.134. The summed E-state index contributed by atoms with van der Waals surface area (Å²) in [5.41, 5.74) is 8.26. The Morgan fingerprint density at radius 3 is 2.88 bits per heavy atom. The number of carbonyl (C=O) groups excluding carboxylic acids is 1. The van der Waals surface area contributed by atoms with Crippen LogP contribution in [0.15, 0.2) is 18.2 Å². The zero-order chi connectivity index (χ0) is 11.8. The van der Waals surface area contributed by atoms with E-state index in [1.165, 1.54) is 5.56 Å². The predicted octanol–water partition coefficient (Wildman–Crippen LogP) is 2.54. The molecule has 1 aromatic rings. The minimum absolute atomic E-state index is 0. The van der Waals surface area contributed by atoms with E-state index in [4.69, 9.17) is 10.5 Å². The van der Waals surface area contributed by atoms with E-state index in [2.05, 4.69) is 0 Å². The van der Waals surface area contributed by atoms with Gasteiger partial charge in [-0.15, -0.1) is 12.4 Å². The van der Waals surface area contributed by atoms with Crippen molar-refractivity contribution in [1.82, 2.24) is 0 Å². The number of hydrogen-bond donors (Lipinski definition) is 1. The summed E-state index contributed by atoms with van der Waals surface area (Å²) < 4.78 is 5.19. The van der Waals surface area contributed by atoms with Crippen molar-refractivity contribution < 1.29 is 9.53 Å². The normalized spacial score (nSPS) is 21.6. The Hall–Kier alpha value is -1.06. The van der Waals surface area contributed by atoms with E-state index in [0.717, 1.165) is 18.4 Å². The van der Waals surface area contributed by atoms with Gasteiger partial charge < -0.3 is 10.5 Å². The third-order valence-electron chi connectivity index (χ3n) is 3.13. The van der Waals surface area contributed by atoms with Crippen LogP contribution in [0, 0.1) is 0 Å². The summed E-state index contributed by atoms with van der Waals surface area (Å²) in [6.07, 6.45) is 2.34. The standard InChI is InChI=1S/C13H17NO2.ClH/c1-3-12(15)16-10-5-4-9-6-7-13(2,14)11(9)8-10;/h4-5,8H,3,6-7,14H2,1-2H3;1H. The molecule has 2 N–H and O–H groups in total. The van der Waals surface area contributed by atoms with Gasteiger partial charge in [-0.25, -0.2) is 0 Å². The molecule has 0 saturated heterocycles. The van der Waals surface area contributed by atoms with Crippen LogP contribution in [0.2, 0.25) is 0 Å². The van der Waals surface area contributed by atoms with Gasteiger partial charge >= 0.3 is 5.97 Å². The topological polar surface area (TPSA) is 52.3 Å². The molecule has 0 saturated carbocycles. The average Bonchev–Trinajstić information content (AvgIpc) is 2.55. The van der Waals surface area contributed by atoms with Crippen molar-refractivity contribution >= 4 is 18.4 Å². The quantitative estimate of drug-likeness (QED) is 0.653. The van der Waals surface area contributed by atoms with E-state index in [1.807, 2.05) is 25.1 Å². The lowest BCUT2D eigenvalue weighted by atomic mass is 9.95. The number of fused-ring (bicyclic) bond motifs is 1. The highest BCUT2D eigenvalue weighted by Crippen LogP contribution is 2.36. The fraction of sp³-hybridized carbons (Fsp3) is 0.462. The SMILES string of the molecule is CCC(=O)Oc1ccc2c(c1)C(C)(N)CC2.Cl. The Morgan fingerprint density at radius 1 is 1.53 bits per heavy atom. The molecule has 1 unspecified atom stereocenters. The van der Waals surface area contributed by atoms with E-state index in [9.17, 15) is 4.79 Å². The predicted molar refractivity (Wildman–Crippen MR) is 69.5 cm³/mol. The minimum atomic E-state index is -0.288. The van der Waals surface area contributed by atoms with Crippen molar-refractivity contribution in [2.75, 3.05) is 0 Å². The molecule has 2 rings (SSSR count). The van der Waals surface area contributed by atoms with Crippen LogP contribution < -0.4 is 10.5 Å². The molecule has 1 aliphatic rings. The molecule has 0 aromatic heterocycles. The zero-order valence-electron chi connectivity index (χ0n) is 10.2. The van der Waals surface area contributed by atoms with E-state index in [0.29, 0.717) is 12.2 Å². The second-order valence-corrected chi connectivity index (χ2v) is 4.56. The maximum Gasteiger partial charge on any atom is 0.310 e. The lowest BCUT2D eigenvalue weighted by Crippen LogP contribution is -2.29. The van der Waals surface area contributed by atoms with Crippen LogP contribution in [-0.2, 0) is 16.8 Å². The summed E-state index contributed by atoms with van der Waals surface area (Å²) >= 11 is 0. The Kier molecular flexibility index (Phi) is 4.17. The molecule has 0 heterocycles. The monoisotopic (exact) mass is 255 g/mol. The average molecular weight is 256 g/mol. The van der Waals surface area contributed by atoms with Crippen LogP contribution in [0.4, 0.5) is 0 Å². The van der Waals surface area contributed by atoms with Crippen molar-refractivity contribution in [2.24, 2.45) is 5.73 Å². The van der Waals surface area contributed by atoms with Gasteiger partial charge in [-0.2, -0.15) is 0 Å². The van der Waals surface area contributed by atoms with Gasteiger partial charge in [0.2, 0.25) is 0 Å². The van der Waals surface area contributed by atoms with Crippen LogP contribution in [-0.4, -0.2) is 5.97 Å². The van der Waals surface area contributed by atoms with Crippen molar-refractivity contribution in [3.63, 3.8) is 0 Å². The van der Waals surface area contributed by atoms with E-state index in [1.54, 1.807) is 6.92 Å². The maximum absolute atomic E-state index is 11.2. The first-order chi connectivity index (χ1) is 7.53. The van der Waals surface area contributed by atoms with Gasteiger partial charge in [0.05, 0.1) is 0 Å². The summed E-state index contributed by atoms with van der Waals surface area (Å²) in [4.78, 5) is 11.2. The molecule has 1 aliphatic carbocycles. The van der Waals surface area contributed by atoms with Crippen molar-refractivity contribution in [3.8, 4) is 5.75 Å². The number of nitrogens with two attached hydrogens (primary N) is 1. The second kappa shape index (κ2) is 5.07. The van der Waals surface area contributed by atoms with Gasteiger partial charge in [-0.3, -0.25) is 4.79 Å². The number of ether oxygens (including phenoxy) is 1. The van der Waals surface area contributed by atoms with Crippen molar-refractivity contribution in [2.45, 2.75) is 38.6 Å². The summed E-state index contributed by atoms with van der Waals surface area (Å²) in [5.74, 6) is 0.390. The van der Waals surface area contributed by atoms with E-state index in [-0.39, 0.29) is 23.9 Å². The van der Waals surface area contributed by atoms with Gasteiger partial charge in [0.1, 0.15) is 5.75 Å². The molecule has 1 atom stereocenters. The molecular weight excluding hydrogens is 238 g/mol. The number of aryl methyl sites for hydroxylation is 1.